The van der Waals surface area contributed by atoms with Crippen molar-refractivity contribution < 1.29 is 53.5 Å². The highest BCUT2D eigenvalue weighted by Gasteiger charge is 2.47. The second kappa shape index (κ2) is 16.2. The first-order chi connectivity index (χ1) is 17.8. The lowest BCUT2D eigenvalue weighted by Gasteiger charge is -2.43. The fourth-order valence-electron chi connectivity index (χ4n) is 3.58. The maximum atomic E-state index is 12.7. The zero-order chi connectivity index (χ0) is 29.0. The number of nitrogens with two attached hydrogens (primary N) is 1. The van der Waals surface area contributed by atoms with E-state index in [1.54, 1.807) is 0 Å². The number of carbonyl (C=O) groups is 5. The maximum Gasteiger partial charge on any atom is 0.328 e. The molecule has 15 nitrogen and oxygen atoms in total. The third kappa shape index (κ3) is 10.5. The Balaban J connectivity index is 2.83. The zero-order valence-electron chi connectivity index (χ0n) is 22.0. The van der Waals surface area contributed by atoms with Gasteiger partial charge in [-0.3, -0.25) is 19.2 Å². The number of nitrogens with one attached hydrogen (secondary N) is 3. The summed E-state index contributed by atoms with van der Waals surface area (Å²) in [5.41, 5.74) is 5.15. The van der Waals surface area contributed by atoms with Crippen molar-refractivity contribution in [2.24, 2.45) is 5.73 Å². The quantitative estimate of drug-likeness (QED) is 0.0801. The van der Waals surface area contributed by atoms with Gasteiger partial charge < -0.3 is 51.2 Å². The van der Waals surface area contributed by atoms with E-state index in [0.29, 0.717) is 6.42 Å². The molecule has 1 heterocycles. The first-order valence-electron chi connectivity index (χ1n) is 12.4. The highest BCUT2D eigenvalue weighted by atomic mass is 16.6. The number of rotatable bonds is 15. The number of hydrogen-bond acceptors (Lipinski definition) is 11. The summed E-state index contributed by atoms with van der Waals surface area (Å²) in [6, 6.07) is -3.58. The predicted molar refractivity (Wildman–Crippen MR) is 130 cm³/mol. The molecule has 0 bridgehead atoms. The summed E-state index contributed by atoms with van der Waals surface area (Å²) < 4.78 is 15.8. The molecule has 15 heteroatoms. The number of esters is 1. The van der Waals surface area contributed by atoms with Crippen LogP contribution in [0.25, 0.3) is 0 Å². The molecule has 0 aromatic carbocycles. The number of ether oxygens (including phenoxy) is 3. The molecule has 0 aromatic heterocycles. The minimum atomic E-state index is -1.64. The third-order valence-corrected chi connectivity index (χ3v) is 5.75. The van der Waals surface area contributed by atoms with Crippen molar-refractivity contribution in [1.82, 2.24) is 16.0 Å². The van der Waals surface area contributed by atoms with Crippen molar-refractivity contribution in [2.75, 3.05) is 13.2 Å². The van der Waals surface area contributed by atoms with Gasteiger partial charge in [0.25, 0.3) is 0 Å². The summed E-state index contributed by atoms with van der Waals surface area (Å²) in [4.78, 5) is 60.5. The van der Waals surface area contributed by atoms with Crippen molar-refractivity contribution >= 4 is 29.6 Å². The van der Waals surface area contributed by atoms with Gasteiger partial charge in [-0.2, -0.15) is 0 Å². The van der Waals surface area contributed by atoms with Gasteiger partial charge in [-0.15, -0.1) is 0 Å². The van der Waals surface area contributed by atoms with Crippen LogP contribution in [0.2, 0.25) is 0 Å². The van der Waals surface area contributed by atoms with Crippen LogP contribution in [-0.4, -0.2) is 107 Å². The molecule has 0 radical (unpaired) electrons. The molecule has 0 spiro atoms. The van der Waals surface area contributed by atoms with E-state index in [2.05, 4.69) is 16.0 Å². The lowest BCUT2D eigenvalue weighted by Crippen LogP contribution is -2.65. The first-order valence-corrected chi connectivity index (χ1v) is 12.4. The molecular formula is C23H40N4O11. The van der Waals surface area contributed by atoms with Gasteiger partial charge in [-0.05, 0) is 26.7 Å². The second-order valence-electron chi connectivity index (χ2n) is 9.02. The van der Waals surface area contributed by atoms with E-state index in [1.807, 2.05) is 6.92 Å². The van der Waals surface area contributed by atoms with E-state index < -0.39 is 85.0 Å². The van der Waals surface area contributed by atoms with Crippen LogP contribution in [0, 0.1) is 0 Å². The van der Waals surface area contributed by atoms with E-state index in [9.17, 15) is 39.3 Å². The Morgan fingerprint density at radius 3 is 2.29 bits per heavy atom. The fraction of sp³-hybridized carbons (Fsp3) is 0.783. The van der Waals surface area contributed by atoms with E-state index in [4.69, 9.17) is 19.9 Å². The molecule has 1 rings (SSSR count). The molecule has 1 saturated heterocycles. The average Bonchev–Trinajstić information content (AvgIpc) is 2.85. The molecule has 8 atom stereocenters. The van der Waals surface area contributed by atoms with Crippen molar-refractivity contribution in [2.45, 2.75) is 102 Å². The fourth-order valence-corrected chi connectivity index (χ4v) is 3.58. The van der Waals surface area contributed by atoms with Gasteiger partial charge in [0.1, 0.15) is 42.5 Å². The van der Waals surface area contributed by atoms with Crippen molar-refractivity contribution in [3.8, 4) is 0 Å². The van der Waals surface area contributed by atoms with Gasteiger partial charge in [0.15, 0.2) is 6.29 Å². The normalized spacial score (nSPS) is 25.4. The van der Waals surface area contributed by atoms with Crippen molar-refractivity contribution in [3.05, 3.63) is 0 Å². The average molecular weight is 549 g/mol. The summed E-state index contributed by atoms with van der Waals surface area (Å²) in [6.45, 7) is 5.21. The number of primary amides is 1. The SMILES string of the molecule is CCCCOC(=O)[C@@H](CCC(N)=O)NC(=O)[C@H](C)NC(=O)[C@@H](C)O[C@H]1[C@H](O)[C@@H](CO)OC(O)[C@@H]1NC(C)=O. The Bertz CT molecular complexity index is 827. The summed E-state index contributed by atoms with van der Waals surface area (Å²) in [5, 5.41) is 37.3. The van der Waals surface area contributed by atoms with E-state index in [1.165, 1.54) is 20.8 Å². The molecule has 4 amide bonds. The predicted octanol–water partition coefficient (Wildman–Crippen LogP) is -3.07. The van der Waals surface area contributed by atoms with Crippen molar-refractivity contribution in [1.29, 1.82) is 0 Å². The van der Waals surface area contributed by atoms with Crippen LogP contribution in [0.1, 0.15) is 53.4 Å². The van der Waals surface area contributed by atoms with Crippen LogP contribution in [0.15, 0.2) is 0 Å². The number of unbranched alkanes of at least 4 members (excludes halogenated alkanes) is 1. The van der Waals surface area contributed by atoms with E-state index in [0.717, 1.165) is 6.42 Å². The minimum Gasteiger partial charge on any atom is -0.464 e. The van der Waals surface area contributed by atoms with E-state index in [-0.39, 0.29) is 19.4 Å². The topological polar surface area (TPSA) is 236 Å². The molecule has 218 valence electrons. The standard InChI is InChI=1S/C23H40N4O11/c1-5-6-9-36-22(34)14(7-8-16(24)30)27-20(32)11(2)25-21(33)12(3)37-19-17(26-13(4)29)23(35)38-15(10-28)18(19)31/h11-12,14-15,17-19,23,28,31,35H,5-10H2,1-4H3,(H2,24,30)(H,25,33)(H,26,29)(H,27,32)/t11-,12+,14+,15+,17+,18+,19+,23?/m0/s1. The number of amides is 4. The highest BCUT2D eigenvalue weighted by molar-refractivity contribution is 5.91. The van der Waals surface area contributed by atoms with Crippen LogP contribution >= 0.6 is 0 Å². The number of aliphatic hydroxyl groups excluding tert-OH is 3. The van der Waals surface area contributed by atoms with E-state index >= 15 is 0 Å². The lowest BCUT2D eigenvalue weighted by molar-refractivity contribution is -0.266. The molecule has 1 aliphatic rings. The monoisotopic (exact) mass is 548 g/mol. The molecule has 1 aliphatic heterocycles. The Hall–Kier alpha value is -2.85. The summed E-state index contributed by atoms with van der Waals surface area (Å²) in [7, 11) is 0. The van der Waals surface area contributed by atoms with Gasteiger partial charge >= 0.3 is 5.97 Å². The maximum absolute atomic E-state index is 12.7. The molecule has 1 unspecified atom stereocenters. The molecule has 0 aromatic rings. The number of aliphatic hydroxyl groups is 3. The van der Waals surface area contributed by atoms with Crippen LogP contribution in [0.4, 0.5) is 0 Å². The molecule has 0 saturated carbocycles. The van der Waals surface area contributed by atoms with Gasteiger partial charge in [0.05, 0.1) is 13.2 Å². The summed E-state index contributed by atoms with van der Waals surface area (Å²) in [5.74, 6) is -3.51. The number of carbonyl (C=O) groups excluding carboxylic acids is 5. The molecule has 0 aliphatic carbocycles. The Morgan fingerprint density at radius 2 is 1.74 bits per heavy atom. The highest BCUT2D eigenvalue weighted by Crippen LogP contribution is 2.23. The van der Waals surface area contributed by atoms with Gasteiger partial charge in [0, 0.05) is 13.3 Å². The Labute approximate surface area is 220 Å². The van der Waals surface area contributed by atoms with Gasteiger partial charge in [0.2, 0.25) is 23.6 Å². The molecular weight excluding hydrogens is 508 g/mol. The second-order valence-corrected chi connectivity index (χ2v) is 9.02. The molecule has 1 fully saturated rings. The van der Waals surface area contributed by atoms with Gasteiger partial charge in [-0.25, -0.2) is 4.79 Å². The number of hydrogen-bond donors (Lipinski definition) is 7. The largest absolute Gasteiger partial charge is 0.464 e. The van der Waals surface area contributed by atoms with Crippen LogP contribution in [0.3, 0.4) is 0 Å². The van der Waals surface area contributed by atoms with Crippen LogP contribution < -0.4 is 21.7 Å². The smallest absolute Gasteiger partial charge is 0.328 e. The summed E-state index contributed by atoms with van der Waals surface area (Å²) >= 11 is 0. The lowest BCUT2D eigenvalue weighted by atomic mass is 9.96. The molecule has 38 heavy (non-hydrogen) atoms. The van der Waals surface area contributed by atoms with Crippen molar-refractivity contribution in [3.63, 3.8) is 0 Å². The van der Waals surface area contributed by atoms with Crippen LogP contribution in [0.5, 0.6) is 0 Å². The summed E-state index contributed by atoms with van der Waals surface area (Å²) in [6.07, 6.45) is -5.90. The zero-order valence-corrected chi connectivity index (χ0v) is 22.0. The Morgan fingerprint density at radius 1 is 1.08 bits per heavy atom. The van der Waals surface area contributed by atoms with Gasteiger partial charge in [-0.1, -0.05) is 13.3 Å². The third-order valence-electron chi connectivity index (χ3n) is 5.75. The van der Waals surface area contributed by atoms with Crippen LogP contribution in [-0.2, 0) is 38.2 Å². The Kier molecular flexibility index (Phi) is 14.1. The first kappa shape index (κ1) is 33.2. The molecule has 8 N–H and O–H groups in total. The minimum absolute atomic E-state index is 0.0905.